The molecular weight excluding hydrogens is 476 g/mol. The fourth-order valence-electron chi connectivity index (χ4n) is 4.28. The summed E-state index contributed by atoms with van der Waals surface area (Å²) in [5.74, 6) is 0.634. The highest BCUT2D eigenvalue weighted by molar-refractivity contribution is 6.32. The lowest BCUT2D eigenvalue weighted by Gasteiger charge is -2.13. The molecule has 2 aromatic carbocycles. The first-order valence-electron chi connectivity index (χ1n) is 11.9. The van der Waals surface area contributed by atoms with Gasteiger partial charge in [0.15, 0.2) is 0 Å². The second-order valence-corrected chi connectivity index (χ2v) is 9.43. The van der Waals surface area contributed by atoms with Crippen molar-refractivity contribution in [1.82, 2.24) is 19.7 Å². The summed E-state index contributed by atoms with van der Waals surface area (Å²) >= 11 is 6.38. The summed E-state index contributed by atoms with van der Waals surface area (Å²) in [5.41, 5.74) is 5.95. The largest absolute Gasteiger partial charge is 0.495 e. The lowest BCUT2D eigenvalue weighted by atomic mass is 10.1. The Hall–Kier alpha value is -3.91. The van der Waals surface area contributed by atoms with Gasteiger partial charge in [-0.15, -0.1) is 0 Å². The molecule has 9 heteroatoms. The van der Waals surface area contributed by atoms with Gasteiger partial charge in [0.25, 0.3) is 5.91 Å². The van der Waals surface area contributed by atoms with E-state index in [9.17, 15) is 4.79 Å². The number of aromatic nitrogens is 4. The van der Waals surface area contributed by atoms with Gasteiger partial charge in [-0.1, -0.05) is 17.7 Å². The number of benzene rings is 2. The van der Waals surface area contributed by atoms with E-state index in [1.54, 1.807) is 37.7 Å². The van der Waals surface area contributed by atoms with Crippen molar-refractivity contribution < 1.29 is 9.53 Å². The van der Waals surface area contributed by atoms with E-state index in [1.165, 1.54) is 17.5 Å². The van der Waals surface area contributed by atoms with Crippen molar-refractivity contribution in [2.75, 3.05) is 17.7 Å². The highest BCUT2D eigenvalue weighted by Crippen LogP contribution is 2.31. The molecule has 0 saturated heterocycles. The summed E-state index contributed by atoms with van der Waals surface area (Å²) in [4.78, 5) is 21.8. The first-order chi connectivity index (χ1) is 17.4. The second kappa shape index (κ2) is 9.99. The normalized spacial score (nSPS) is 12.5. The Morgan fingerprint density at radius 3 is 2.72 bits per heavy atom. The van der Waals surface area contributed by atoms with Crippen molar-refractivity contribution in [3.8, 4) is 17.0 Å². The molecule has 0 unspecified atom stereocenters. The standard InChI is InChI=1S/C27H27ClN6O2/c1-16(2)34-15-20(13-30-34)25-22(28)14-29-27(33-25)32-23-10-8-19(12-24(23)36-3)26(35)31-21-9-7-17-5-4-6-18(17)11-21/h7-16H,4-6H2,1-3H3,(H,31,35)(H,29,32,33). The minimum absolute atomic E-state index is 0.204. The van der Waals surface area contributed by atoms with Crippen LogP contribution in [0, 0.1) is 0 Å². The molecule has 2 heterocycles. The van der Waals surface area contributed by atoms with E-state index in [-0.39, 0.29) is 11.9 Å². The van der Waals surface area contributed by atoms with E-state index < -0.39 is 0 Å². The molecule has 0 fully saturated rings. The Balaban J connectivity index is 1.35. The van der Waals surface area contributed by atoms with Crippen LogP contribution >= 0.6 is 11.6 Å². The Morgan fingerprint density at radius 1 is 1.11 bits per heavy atom. The number of anilines is 3. The van der Waals surface area contributed by atoms with E-state index in [4.69, 9.17) is 16.3 Å². The van der Waals surface area contributed by atoms with Crippen LogP contribution in [0.1, 0.15) is 47.8 Å². The monoisotopic (exact) mass is 502 g/mol. The predicted octanol–water partition coefficient (Wildman–Crippen LogP) is 6.07. The molecule has 0 bridgehead atoms. The molecule has 184 valence electrons. The van der Waals surface area contributed by atoms with Gasteiger partial charge in [-0.05, 0) is 74.6 Å². The van der Waals surface area contributed by atoms with Crippen molar-refractivity contribution in [3.63, 3.8) is 0 Å². The van der Waals surface area contributed by atoms with Crippen LogP contribution in [0.5, 0.6) is 5.75 Å². The van der Waals surface area contributed by atoms with Crippen LogP contribution in [-0.4, -0.2) is 32.8 Å². The topological polar surface area (TPSA) is 94.0 Å². The van der Waals surface area contributed by atoms with Crippen LogP contribution in [0.25, 0.3) is 11.3 Å². The van der Waals surface area contributed by atoms with Crippen LogP contribution in [0.3, 0.4) is 0 Å². The fourth-order valence-corrected chi connectivity index (χ4v) is 4.48. The molecule has 1 aliphatic carbocycles. The molecular formula is C27H27ClN6O2. The number of carbonyl (C=O) groups excluding carboxylic acids is 1. The van der Waals surface area contributed by atoms with Gasteiger partial charge in [0.1, 0.15) is 5.75 Å². The van der Waals surface area contributed by atoms with Gasteiger partial charge in [-0.3, -0.25) is 9.48 Å². The lowest BCUT2D eigenvalue weighted by molar-refractivity contribution is 0.102. The number of methoxy groups -OCH3 is 1. The molecule has 4 aromatic rings. The smallest absolute Gasteiger partial charge is 0.255 e. The van der Waals surface area contributed by atoms with E-state index in [2.05, 4.69) is 37.8 Å². The van der Waals surface area contributed by atoms with Gasteiger partial charge in [0, 0.05) is 29.1 Å². The molecule has 5 rings (SSSR count). The number of nitrogens with zero attached hydrogens (tertiary/aromatic N) is 4. The number of nitrogens with one attached hydrogen (secondary N) is 2. The van der Waals surface area contributed by atoms with E-state index in [0.29, 0.717) is 33.7 Å². The molecule has 0 saturated carbocycles. The highest BCUT2D eigenvalue weighted by atomic mass is 35.5. The van der Waals surface area contributed by atoms with Crippen molar-refractivity contribution in [1.29, 1.82) is 0 Å². The SMILES string of the molecule is COc1cc(C(=O)Nc2ccc3c(c2)CCC3)ccc1Nc1ncc(Cl)c(-c2cnn(C(C)C)c2)n1. The summed E-state index contributed by atoms with van der Waals surface area (Å²) in [5, 5.41) is 10.9. The van der Waals surface area contributed by atoms with Crippen LogP contribution < -0.4 is 15.4 Å². The van der Waals surface area contributed by atoms with Crippen LogP contribution in [0.2, 0.25) is 5.02 Å². The molecule has 1 amide bonds. The fraction of sp³-hybridized carbons (Fsp3) is 0.259. The Labute approximate surface area is 214 Å². The first kappa shape index (κ1) is 23.8. The molecule has 1 aliphatic rings. The minimum atomic E-state index is -0.204. The molecule has 0 atom stereocenters. The number of amides is 1. The predicted molar refractivity (Wildman–Crippen MR) is 141 cm³/mol. The van der Waals surface area contributed by atoms with E-state index in [0.717, 1.165) is 24.1 Å². The van der Waals surface area contributed by atoms with E-state index in [1.807, 2.05) is 30.8 Å². The third-order valence-corrected chi connectivity index (χ3v) is 6.49. The summed E-state index contributed by atoms with van der Waals surface area (Å²) in [6.45, 7) is 4.10. The summed E-state index contributed by atoms with van der Waals surface area (Å²) in [6, 6.07) is 11.5. The summed E-state index contributed by atoms with van der Waals surface area (Å²) < 4.78 is 7.39. The summed E-state index contributed by atoms with van der Waals surface area (Å²) in [6.07, 6.45) is 8.50. The number of hydrogen-bond donors (Lipinski definition) is 2. The van der Waals surface area contributed by atoms with Crippen LogP contribution in [0.15, 0.2) is 55.0 Å². The second-order valence-electron chi connectivity index (χ2n) is 9.02. The number of aryl methyl sites for hydroxylation is 2. The maximum atomic E-state index is 12.9. The molecule has 8 nitrogen and oxygen atoms in total. The van der Waals surface area contributed by atoms with E-state index >= 15 is 0 Å². The van der Waals surface area contributed by atoms with Crippen molar-refractivity contribution in [2.45, 2.75) is 39.2 Å². The molecule has 0 spiro atoms. The number of hydrogen-bond acceptors (Lipinski definition) is 6. The molecule has 2 N–H and O–H groups in total. The third-order valence-electron chi connectivity index (χ3n) is 6.21. The Bertz CT molecular complexity index is 1430. The third kappa shape index (κ3) is 4.90. The van der Waals surface area contributed by atoms with Crippen LogP contribution in [0.4, 0.5) is 17.3 Å². The lowest BCUT2D eigenvalue weighted by Crippen LogP contribution is -2.12. The van der Waals surface area contributed by atoms with Crippen molar-refractivity contribution in [2.24, 2.45) is 0 Å². The maximum Gasteiger partial charge on any atom is 0.255 e. The number of carbonyl (C=O) groups is 1. The van der Waals surface area contributed by atoms with Gasteiger partial charge in [-0.2, -0.15) is 5.10 Å². The Morgan fingerprint density at radius 2 is 1.94 bits per heavy atom. The van der Waals surface area contributed by atoms with Gasteiger partial charge in [0.2, 0.25) is 5.95 Å². The minimum Gasteiger partial charge on any atom is -0.495 e. The highest BCUT2D eigenvalue weighted by Gasteiger charge is 2.16. The number of ether oxygens (including phenoxy) is 1. The van der Waals surface area contributed by atoms with Gasteiger partial charge < -0.3 is 15.4 Å². The van der Waals surface area contributed by atoms with Crippen molar-refractivity contribution in [3.05, 3.63) is 76.7 Å². The zero-order valence-corrected chi connectivity index (χ0v) is 21.1. The first-order valence-corrected chi connectivity index (χ1v) is 12.2. The molecule has 2 aromatic heterocycles. The zero-order valence-electron chi connectivity index (χ0n) is 20.4. The van der Waals surface area contributed by atoms with Gasteiger partial charge in [0.05, 0.1) is 35.9 Å². The van der Waals surface area contributed by atoms with Crippen molar-refractivity contribution >= 4 is 34.8 Å². The molecule has 0 radical (unpaired) electrons. The quantitative estimate of drug-likeness (QED) is 0.318. The Kier molecular flexibility index (Phi) is 6.61. The van der Waals surface area contributed by atoms with Crippen LogP contribution in [-0.2, 0) is 12.8 Å². The number of halogens is 1. The van der Waals surface area contributed by atoms with Gasteiger partial charge in [-0.25, -0.2) is 9.97 Å². The number of rotatable bonds is 7. The average Bonchev–Trinajstić information content (AvgIpc) is 3.55. The zero-order chi connectivity index (χ0) is 25.2. The molecule has 36 heavy (non-hydrogen) atoms. The maximum absolute atomic E-state index is 12.9. The molecule has 0 aliphatic heterocycles. The number of fused-ring (bicyclic) bond motifs is 1. The average molecular weight is 503 g/mol. The summed E-state index contributed by atoms with van der Waals surface area (Å²) in [7, 11) is 1.55. The van der Waals surface area contributed by atoms with Gasteiger partial charge >= 0.3 is 0 Å².